The maximum absolute atomic E-state index is 11.5. The van der Waals surface area contributed by atoms with Gasteiger partial charge in [-0.2, -0.15) is 0 Å². The van der Waals surface area contributed by atoms with Crippen molar-refractivity contribution in [1.29, 1.82) is 0 Å². The van der Waals surface area contributed by atoms with E-state index in [4.69, 9.17) is 9.47 Å². The van der Waals surface area contributed by atoms with Crippen LogP contribution in [0.4, 0.5) is 0 Å². The minimum absolute atomic E-state index is 0.154. The summed E-state index contributed by atoms with van der Waals surface area (Å²) in [6, 6.07) is 0.128. The first-order valence-electron chi connectivity index (χ1n) is 5.58. The van der Waals surface area contributed by atoms with E-state index in [9.17, 15) is 4.79 Å². The highest BCUT2D eigenvalue weighted by Gasteiger charge is 2.33. The van der Waals surface area contributed by atoms with Crippen molar-refractivity contribution in [3.8, 4) is 0 Å². The van der Waals surface area contributed by atoms with Gasteiger partial charge in [-0.3, -0.25) is 9.69 Å². The lowest BCUT2D eigenvalue weighted by atomic mass is 10.1. The molecule has 0 saturated carbocycles. The number of nitrogens with zero attached hydrogens (tertiary/aromatic N) is 1. The summed E-state index contributed by atoms with van der Waals surface area (Å²) >= 11 is 0. The molecule has 88 valence electrons. The molecule has 1 fully saturated rings. The average molecular weight is 215 g/mol. The Morgan fingerprint density at radius 2 is 2.33 bits per heavy atom. The molecule has 1 heterocycles. The number of likely N-dealkylation sites (N-methyl/N-ethyl adjacent to an activating group) is 1. The van der Waals surface area contributed by atoms with Crippen molar-refractivity contribution in [3.05, 3.63) is 0 Å². The normalized spacial score (nSPS) is 28.1. The monoisotopic (exact) mass is 215 g/mol. The van der Waals surface area contributed by atoms with E-state index in [1.54, 1.807) is 0 Å². The summed E-state index contributed by atoms with van der Waals surface area (Å²) in [7, 11) is 1.96. The molecule has 3 atom stereocenters. The number of rotatable bonds is 4. The molecule has 1 aliphatic rings. The second-order valence-electron chi connectivity index (χ2n) is 4.03. The van der Waals surface area contributed by atoms with Crippen LogP contribution < -0.4 is 0 Å². The van der Waals surface area contributed by atoms with Crippen LogP contribution in [0.2, 0.25) is 0 Å². The van der Waals surface area contributed by atoms with Crippen molar-refractivity contribution in [2.75, 3.05) is 20.3 Å². The molecule has 4 heteroatoms. The Morgan fingerprint density at radius 1 is 1.67 bits per heavy atom. The fraction of sp³-hybridized carbons (Fsp3) is 0.909. The summed E-state index contributed by atoms with van der Waals surface area (Å²) in [6.45, 7) is 6.97. The van der Waals surface area contributed by atoms with E-state index in [0.717, 1.165) is 13.0 Å². The highest BCUT2D eigenvalue weighted by atomic mass is 16.5. The third kappa shape index (κ3) is 2.92. The molecule has 1 aliphatic heterocycles. The summed E-state index contributed by atoms with van der Waals surface area (Å²) in [5.41, 5.74) is 0. The zero-order chi connectivity index (χ0) is 11.4. The minimum atomic E-state index is -0.195. The maximum Gasteiger partial charge on any atom is 0.323 e. The van der Waals surface area contributed by atoms with Crippen LogP contribution in [0.3, 0.4) is 0 Å². The SMILES string of the molecule is CCOC(=O)C(C)N(C)C1CCOC1C. The number of ether oxygens (including phenoxy) is 2. The number of carbonyl (C=O) groups excluding carboxylic acids is 1. The number of hydrogen-bond donors (Lipinski definition) is 0. The molecule has 0 N–H and O–H groups in total. The summed E-state index contributed by atoms with van der Waals surface area (Å²) < 4.78 is 10.5. The van der Waals surface area contributed by atoms with Gasteiger partial charge in [-0.15, -0.1) is 0 Å². The van der Waals surface area contributed by atoms with Gasteiger partial charge in [-0.05, 0) is 34.2 Å². The fourth-order valence-electron chi connectivity index (χ4n) is 1.97. The molecule has 0 aromatic carbocycles. The van der Waals surface area contributed by atoms with Crippen LogP contribution in [-0.4, -0.2) is 49.3 Å². The van der Waals surface area contributed by atoms with E-state index >= 15 is 0 Å². The lowest BCUT2D eigenvalue weighted by Gasteiger charge is -2.30. The van der Waals surface area contributed by atoms with E-state index in [1.165, 1.54) is 0 Å². The molecule has 1 saturated heterocycles. The van der Waals surface area contributed by atoms with Crippen LogP contribution in [-0.2, 0) is 14.3 Å². The summed E-state index contributed by atoms with van der Waals surface area (Å²) in [5.74, 6) is -0.154. The molecule has 1 rings (SSSR count). The van der Waals surface area contributed by atoms with Gasteiger partial charge in [0.25, 0.3) is 0 Å². The molecule has 0 aromatic heterocycles. The summed E-state index contributed by atoms with van der Waals surface area (Å²) in [6.07, 6.45) is 1.19. The van der Waals surface area contributed by atoms with Crippen molar-refractivity contribution in [3.63, 3.8) is 0 Å². The Balaban J connectivity index is 2.51. The largest absolute Gasteiger partial charge is 0.465 e. The van der Waals surface area contributed by atoms with E-state index in [2.05, 4.69) is 4.90 Å². The third-order valence-corrected chi connectivity index (χ3v) is 3.10. The van der Waals surface area contributed by atoms with Crippen molar-refractivity contribution < 1.29 is 14.3 Å². The van der Waals surface area contributed by atoms with Gasteiger partial charge in [0.2, 0.25) is 0 Å². The Kier molecular flexibility index (Phi) is 4.54. The van der Waals surface area contributed by atoms with Gasteiger partial charge in [0.05, 0.1) is 12.7 Å². The van der Waals surface area contributed by atoms with E-state index < -0.39 is 0 Å². The maximum atomic E-state index is 11.5. The van der Waals surface area contributed by atoms with E-state index in [-0.39, 0.29) is 18.1 Å². The zero-order valence-corrected chi connectivity index (χ0v) is 10.0. The van der Waals surface area contributed by atoms with Crippen LogP contribution in [0.25, 0.3) is 0 Å². The molecule has 3 unspecified atom stereocenters. The second kappa shape index (κ2) is 5.47. The first kappa shape index (κ1) is 12.5. The molecule has 0 bridgehead atoms. The molecule has 0 amide bonds. The van der Waals surface area contributed by atoms with Crippen LogP contribution in [0.5, 0.6) is 0 Å². The van der Waals surface area contributed by atoms with E-state index in [0.29, 0.717) is 12.6 Å². The average Bonchev–Trinajstić information content (AvgIpc) is 2.62. The Morgan fingerprint density at radius 3 is 2.80 bits per heavy atom. The number of carbonyl (C=O) groups is 1. The smallest absolute Gasteiger partial charge is 0.323 e. The van der Waals surface area contributed by atoms with Gasteiger partial charge in [0.1, 0.15) is 6.04 Å². The molecule has 0 aromatic rings. The highest BCUT2D eigenvalue weighted by Crippen LogP contribution is 2.20. The predicted octanol–water partition coefficient (Wildman–Crippen LogP) is 1.05. The van der Waals surface area contributed by atoms with Gasteiger partial charge >= 0.3 is 5.97 Å². The molecular formula is C11H21NO3. The van der Waals surface area contributed by atoms with Gasteiger partial charge in [-0.1, -0.05) is 0 Å². The minimum Gasteiger partial charge on any atom is -0.465 e. The lowest BCUT2D eigenvalue weighted by Crippen LogP contribution is -2.46. The first-order chi connectivity index (χ1) is 7.07. The first-order valence-corrected chi connectivity index (χ1v) is 5.58. The predicted molar refractivity (Wildman–Crippen MR) is 57.7 cm³/mol. The lowest BCUT2D eigenvalue weighted by molar-refractivity contribution is -0.149. The van der Waals surface area contributed by atoms with Crippen LogP contribution in [0.1, 0.15) is 27.2 Å². The number of esters is 1. The highest BCUT2D eigenvalue weighted by molar-refractivity contribution is 5.75. The summed E-state index contributed by atoms with van der Waals surface area (Å²) in [5, 5.41) is 0. The third-order valence-electron chi connectivity index (χ3n) is 3.10. The molecule has 4 nitrogen and oxygen atoms in total. The molecule has 0 radical (unpaired) electrons. The zero-order valence-electron chi connectivity index (χ0n) is 10.0. The molecule has 15 heavy (non-hydrogen) atoms. The molecule has 0 spiro atoms. The molecular weight excluding hydrogens is 194 g/mol. The van der Waals surface area contributed by atoms with Gasteiger partial charge < -0.3 is 9.47 Å². The standard InChI is InChI=1S/C11H21NO3/c1-5-14-11(13)8(2)12(4)10-6-7-15-9(10)3/h8-10H,5-7H2,1-4H3. The Bertz CT molecular complexity index is 220. The van der Waals surface area contributed by atoms with Gasteiger partial charge in [0.15, 0.2) is 0 Å². The van der Waals surface area contributed by atoms with Crippen LogP contribution >= 0.6 is 0 Å². The second-order valence-corrected chi connectivity index (χ2v) is 4.03. The van der Waals surface area contributed by atoms with Crippen LogP contribution in [0.15, 0.2) is 0 Å². The van der Waals surface area contributed by atoms with Crippen LogP contribution in [0, 0.1) is 0 Å². The topological polar surface area (TPSA) is 38.8 Å². The van der Waals surface area contributed by atoms with Gasteiger partial charge in [-0.25, -0.2) is 0 Å². The van der Waals surface area contributed by atoms with Crippen molar-refractivity contribution >= 4 is 5.97 Å². The van der Waals surface area contributed by atoms with Gasteiger partial charge in [0, 0.05) is 12.6 Å². The Labute approximate surface area is 91.5 Å². The van der Waals surface area contributed by atoms with Crippen molar-refractivity contribution in [1.82, 2.24) is 4.90 Å². The number of hydrogen-bond acceptors (Lipinski definition) is 4. The van der Waals surface area contributed by atoms with E-state index in [1.807, 2.05) is 27.8 Å². The van der Waals surface area contributed by atoms with Crippen molar-refractivity contribution in [2.45, 2.75) is 45.4 Å². The molecule has 0 aliphatic carbocycles. The quantitative estimate of drug-likeness (QED) is 0.657. The fourth-order valence-corrected chi connectivity index (χ4v) is 1.97. The van der Waals surface area contributed by atoms with Crippen molar-refractivity contribution in [2.24, 2.45) is 0 Å². The summed E-state index contributed by atoms with van der Waals surface area (Å²) in [4.78, 5) is 13.6. The Hall–Kier alpha value is -0.610.